The van der Waals surface area contributed by atoms with E-state index in [1.54, 1.807) is 0 Å². The molecule has 18 heavy (non-hydrogen) atoms. The molecule has 1 atom stereocenters. The van der Waals surface area contributed by atoms with Crippen molar-refractivity contribution in [3.05, 3.63) is 35.5 Å². The van der Waals surface area contributed by atoms with Gasteiger partial charge in [0.25, 0.3) is 9.76 Å². The fraction of sp³-hybridized carbons (Fsp3) is 0.385. The van der Waals surface area contributed by atoms with Crippen LogP contribution in [0.5, 0.6) is 5.75 Å². The average molecular weight is 278 g/mol. The number of ether oxygens (including phenoxy) is 1. The molecule has 1 aromatic carbocycles. The van der Waals surface area contributed by atoms with Crippen molar-refractivity contribution in [2.45, 2.75) is 32.9 Å². The molecule has 0 amide bonds. The Balaban J connectivity index is 2.57. The summed E-state index contributed by atoms with van der Waals surface area (Å²) in [6, 6.07) is 7.42. The third-order valence-electron chi connectivity index (χ3n) is 2.12. The normalized spacial score (nSPS) is 12.3. The first-order valence-corrected chi connectivity index (χ1v) is 9.42. The number of hydrogen-bond acceptors (Lipinski definition) is 3. The van der Waals surface area contributed by atoms with Crippen molar-refractivity contribution >= 4 is 24.2 Å². The molecule has 1 aromatic rings. The number of allylic oxidation sites excluding steroid dienone is 1. The molecule has 1 rings (SSSR count). The maximum absolute atomic E-state index is 5.86. The molecule has 0 heterocycles. The van der Waals surface area contributed by atoms with Gasteiger partial charge < -0.3 is 14.9 Å². The molecule has 0 spiro atoms. The number of anilines is 1. The molecule has 2 N–H and O–H groups in total. The molecule has 0 aliphatic carbocycles. The number of hydrogen-bond donors (Lipinski definition) is 1. The minimum atomic E-state index is -0.676. The van der Waals surface area contributed by atoms with E-state index in [-0.39, 0.29) is 5.91 Å². The van der Waals surface area contributed by atoms with E-state index < -0.39 is 8.80 Å². The highest BCUT2D eigenvalue weighted by molar-refractivity contribution is 6.57. The summed E-state index contributed by atoms with van der Waals surface area (Å²) in [5.41, 5.74) is 9.74. The van der Waals surface area contributed by atoms with Gasteiger partial charge in [0.05, 0.1) is 0 Å². The van der Waals surface area contributed by atoms with Crippen LogP contribution in [0.25, 0.3) is 0 Å². The zero-order chi connectivity index (χ0) is 13.5. The summed E-state index contributed by atoms with van der Waals surface area (Å²) in [6.45, 7) is 8.49. The first kappa shape index (κ1) is 15.0. The molecule has 5 heteroatoms. The predicted octanol–water partition coefficient (Wildman–Crippen LogP) is 2.83. The first-order chi connectivity index (χ1) is 8.49. The molecule has 3 radical (unpaired) electrons. The fourth-order valence-corrected chi connectivity index (χ4v) is 3.14. The van der Waals surface area contributed by atoms with Gasteiger partial charge in [-0.3, -0.25) is 0 Å². The Kier molecular flexibility index (Phi) is 6.17. The van der Waals surface area contributed by atoms with Crippen molar-refractivity contribution in [3.8, 4) is 5.75 Å². The van der Waals surface area contributed by atoms with E-state index in [2.05, 4.69) is 32.6 Å². The number of nitrogen functional groups attached to an aromatic ring is 1. The third-order valence-corrected chi connectivity index (χ3v) is 4.58. The van der Waals surface area contributed by atoms with Crippen molar-refractivity contribution in [1.82, 2.24) is 0 Å². The summed E-state index contributed by atoms with van der Waals surface area (Å²) in [6.07, 6.45) is 0. The molecule has 0 fully saturated rings. The maximum Gasteiger partial charge on any atom is 0.265 e. The largest absolute Gasteiger partial charge is 0.470 e. The van der Waals surface area contributed by atoms with Crippen molar-refractivity contribution < 1.29 is 9.16 Å². The van der Waals surface area contributed by atoms with Gasteiger partial charge in [-0.05, 0) is 38.1 Å². The van der Waals surface area contributed by atoms with Crippen LogP contribution in [-0.2, 0) is 4.43 Å². The minimum Gasteiger partial charge on any atom is -0.470 e. The molecular weight excluding hydrogens is 258 g/mol. The van der Waals surface area contributed by atoms with Gasteiger partial charge in [-0.1, -0.05) is 24.4 Å². The van der Waals surface area contributed by atoms with Crippen LogP contribution in [0.1, 0.15) is 13.8 Å². The summed E-state index contributed by atoms with van der Waals surface area (Å²) in [4.78, 5) is 0. The van der Waals surface area contributed by atoms with Crippen molar-refractivity contribution in [1.29, 1.82) is 0 Å². The molecular formula is C13H20NO2Si2. The summed E-state index contributed by atoms with van der Waals surface area (Å²) in [5, 5.41) is 0. The molecule has 1 unspecified atom stereocenters. The van der Waals surface area contributed by atoms with Crippen LogP contribution in [0, 0.1) is 0 Å². The van der Waals surface area contributed by atoms with Gasteiger partial charge in [0.1, 0.15) is 14.5 Å². The minimum absolute atomic E-state index is 0.132. The lowest BCUT2D eigenvalue weighted by Gasteiger charge is -2.21. The second kappa shape index (κ2) is 7.40. The second-order valence-corrected chi connectivity index (χ2v) is 7.94. The van der Waals surface area contributed by atoms with E-state index in [4.69, 9.17) is 14.9 Å². The SMILES string of the molecule is CC(C)=C[Si]OC(Oc1ccc(N)cc1)[Si](C)C. The molecule has 0 aliphatic rings. The highest BCUT2D eigenvalue weighted by atomic mass is 28.3. The Labute approximate surface area is 114 Å². The van der Waals surface area contributed by atoms with E-state index in [1.807, 2.05) is 24.3 Å². The summed E-state index contributed by atoms with van der Waals surface area (Å²) in [7, 11) is -0.328. The lowest BCUT2D eigenvalue weighted by molar-refractivity contribution is 0.0760. The average Bonchev–Trinajstić information content (AvgIpc) is 2.30. The van der Waals surface area contributed by atoms with E-state index in [1.165, 1.54) is 5.57 Å². The van der Waals surface area contributed by atoms with Crippen LogP contribution in [0.15, 0.2) is 35.5 Å². The van der Waals surface area contributed by atoms with E-state index in [9.17, 15) is 0 Å². The van der Waals surface area contributed by atoms with Crippen LogP contribution in [0.2, 0.25) is 13.1 Å². The molecule has 0 saturated heterocycles. The second-order valence-electron chi connectivity index (χ2n) is 4.55. The van der Waals surface area contributed by atoms with Crippen LogP contribution in [-0.4, -0.2) is 24.5 Å². The Morgan fingerprint density at radius 2 is 1.89 bits per heavy atom. The molecule has 97 valence electrons. The van der Waals surface area contributed by atoms with Gasteiger partial charge in [-0.15, -0.1) is 0 Å². The van der Waals surface area contributed by atoms with Gasteiger partial charge >= 0.3 is 0 Å². The van der Waals surface area contributed by atoms with Gasteiger partial charge in [0.2, 0.25) is 0 Å². The monoisotopic (exact) mass is 278 g/mol. The van der Waals surface area contributed by atoms with E-state index >= 15 is 0 Å². The fourth-order valence-electron chi connectivity index (χ4n) is 1.14. The van der Waals surface area contributed by atoms with Gasteiger partial charge in [-0.2, -0.15) is 0 Å². The topological polar surface area (TPSA) is 44.5 Å². The zero-order valence-electron chi connectivity index (χ0n) is 11.4. The quantitative estimate of drug-likeness (QED) is 0.494. The van der Waals surface area contributed by atoms with E-state index in [0.717, 1.165) is 11.4 Å². The van der Waals surface area contributed by atoms with E-state index in [0.29, 0.717) is 9.76 Å². The molecule has 0 bridgehead atoms. The Morgan fingerprint density at radius 3 is 2.39 bits per heavy atom. The Morgan fingerprint density at radius 1 is 1.28 bits per heavy atom. The predicted molar refractivity (Wildman–Crippen MR) is 79.0 cm³/mol. The highest BCUT2D eigenvalue weighted by Gasteiger charge is 2.16. The van der Waals surface area contributed by atoms with Gasteiger partial charge in [-0.25, -0.2) is 0 Å². The lowest BCUT2D eigenvalue weighted by atomic mass is 10.3. The smallest absolute Gasteiger partial charge is 0.265 e. The van der Waals surface area contributed by atoms with Gasteiger partial charge in [0, 0.05) is 5.69 Å². The summed E-state index contributed by atoms with van der Waals surface area (Å²) >= 11 is 0. The summed E-state index contributed by atoms with van der Waals surface area (Å²) in [5.74, 6) is 0.676. The molecule has 3 nitrogen and oxygen atoms in total. The van der Waals surface area contributed by atoms with Crippen LogP contribution >= 0.6 is 0 Å². The van der Waals surface area contributed by atoms with Crippen molar-refractivity contribution in [2.75, 3.05) is 5.73 Å². The molecule has 0 aliphatic heterocycles. The first-order valence-electron chi connectivity index (χ1n) is 5.86. The van der Waals surface area contributed by atoms with Gasteiger partial charge in [0.15, 0.2) is 5.91 Å². The van der Waals surface area contributed by atoms with Crippen LogP contribution < -0.4 is 10.5 Å². The van der Waals surface area contributed by atoms with Crippen molar-refractivity contribution in [2.24, 2.45) is 0 Å². The number of benzene rings is 1. The number of rotatable bonds is 6. The number of nitrogens with two attached hydrogens (primary N) is 1. The Bertz CT molecular complexity index is 386. The molecule has 0 saturated carbocycles. The lowest BCUT2D eigenvalue weighted by Crippen LogP contribution is -2.34. The van der Waals surface area contributed by atoms with Crippen LogP contribution in [0.4, 0.5) is 5.69 Å². The summed E-state index contributed by atoms with van der Waals surface area (Å²) < 4.78 is 11.6. The standard InChI is InChI=1S/C13H20NO2Si2/c1-10(2)9-17-16-13(18(3)4)15-12-7-5-11(14)6-8-12/h5-9,13H,14H2,1-4H3. The third kappa shape index (κ3) is 5.53. The maximum atomic E-state index is 5.86. The van der Waals surface area contributed by atoms with Crippen molar-refractivity contribution in [3.63, 3.8) is 0 Å². The van der Waals surface area contributed by atoms with Crippen LogP contribution in [0.3, 0.4) is 0 Å². The Hall–Kier alpha value is -1.05. The zero-order valence-corrected chi connectivity index (χ0v) is 13.4. The molecule has 0 aromatic heterocycles. The highest BCUT2D eigenvalue weighted by Crippen LogP contribution is 2.16.